The van der Waals surface area contributed by atoms with Crippen LogP contribution in [0.5, 0.6) is 0 Å². The van der Waals surface area contributed by atoms with Crippen molar-refractivity contribution in [1.29, 1.82) is 0 Å². The van der Waals surface area contributed by atoms with Crippen molar-refractivity contribution in [1.82, 2.24) is 13.7 Å². The molecule has 0 heterocycles. The summed E-state index contributed by atoms with van der Waals surface area (Å²) >= 11 is 0. The van der Waals surface area contributed by atoms with E-state index in [1.807, 2.05) is 36.4 Å². The highest BCUT2D eigenvalue weighted by molar-refractivity contribution is 7.89. The van der Waals surface area contributed by atoms with E-state index in [1.165, 1.54) is 63.4 Å². The molecule has 3 aromatic carbocycles. The Labute approximate surface area is 321 Å². The van der Waals surface area contributed by atoms with Gasteiger partial charge >= 0.3 is 0 Å². The van der Waals surface area contributed by atoms with Crippen LogP contribution in [0.3, 0.4) is 0 Å². The van der Waals surface area contributed by atoms with Crippen molar-refractivity contribution in [3.05, 3.63) is 89.5 Å². The SMILES string of the molecule is CCCCCCCCCCCCc1ccc(S(=O)(=O)N[C@H](c2cccc([N+](C)(C)C)c2)[C@H](N)c2cccc([N+](C)(C)C)c2)cc1.[I-].[I-]. The van der Waals surface area contributed by atoms with Gasteiger partial charge in [-0.1, -0.05) is 101 Å². The molecule has 0 aliphatic heterocycles. The normalized spacial score (nSPS) is 13.4. The number of unbranched alkanes of at least 4 members (excludes halogenated alkanes) is 9. The Morgan fingerprint density at radius 3 is 1.57 bits per heavy atom. The van der Waals surface area contributed by atoms with Crippen LogP contribution in [0.15, 0.2) is 77.7 Å². The van der Waals surface area contributed by atoms with Gasteiger partial charge in [-0.2, -0.15) is 0 Å². The van der Waals surface area contributed by atoms with E-state index in [1.54, 1.807) is 12.1 Å². The molecule has 3 aromatic rings. The molecule has 0 radical (unpaired) electrons. The second-order valence-electron chi connectivity index (χ2n) is 14.4. The summed E-state index contributed by atoms with van der Waals surface area (Å²) in [5.41, 5.74) is 12.0. The highest BCUT2D eigenvalue weighted by atomic mass is 127. The molecular weight excluding hydrogens is 830 g/mol. The lowest BCUT2D eigenvalue weighted by molar-refractivity contribution is -0.00100. The molecule has 0 bridgehead atoms. The van der Waals surface area contributed by atoms with Gasteiger partial charge in [-0.05, 0) is 53.8 Å². The summed E-state index contributed by atoms with van der Waals surface area (Å²) in [6.07, 6.45) is 14.0. The van der Waals surface area contributed by atoms with Gasteiger partial charge in [0.1, 0.15) is 11.4 Å². The first-order chi connectivity index (χ1) is 21.2. The van der Waals surface area contributed by atoms with Gasteiger partial charge in [-0.25, -0.2) is 13.1 Å². The number of quaternary nitrogens is 2. The van der Waals surface area contributed by atoms with Crippen LogP contribution in [-0.4, -0.2) is 50.7 Å². The maximum absolute atomic E-state index is 13.8. The molecule has 3 rings (SSSR count). The third kappa shape index (κ3) is 14.4. The maximum atomic E-state index is 13.8. The Morgan fingerprint density at radius 2 is 1.09 bits per heavy atom. The van der Waals surface area contributed by atoms with E-state index < -0.39 is 22.1 Å². The van der Waals surface area contributed by atoms with E-state index in [0.29, 0.717) is 8.97 Å². The Bertz CT molecular complexity index is 1440. The summed E-state index contributed by atoms with van der Waals surface area (Å²) < 4.78 is 31.9. The van der Waals surface area contributed by atoms with Crippen LogP contribution in [0.1, 0.15) is 99.9 Å². The summed E-state index contributed by atoms with van der Waals surface area (Å²) in [7, 11) is 8.77. The fraction of sp³-hybridized carbons (Fsp3) is 0.526. The molecule has 0 unspecified atom stereocenters. The molecule has 0 amide bonds. The number of nitrogens with two attached hydrogens (primary N) is 1. The molecule has 47 heavy (non-hydrogen) atoms. The summed E-state index contributed by atoms with van der Waals surface area (Å²) in [6.45, 7) is 2.26. The van der Waals surface area contributed by atoms with E-state index in [0.717, 1.165) is 35.3 Å². The summed E-state index contributed by atoms with van der Waals surface area (Å²) in [6, 6.07) is 22.3. The molecule has 0 fully saturated rings. The number of halogens is 2. The minimum absolute atomic E-state index is 0. The van der Waals surface area contributed by atoms with Crippen LogP contribution in [0, 0.1) is 0 Å². The summed E-state index contributed by atoms with van der Waals surface area (Å²) in [5.74, 6) is 0. The highest BCUT2D eigenvalue weighted by Gasteiger charge is 2.30. The highest BCUT2D eigenvalue weighted by Crippen LogP contribution is 2.33. The van der Waals surface area contributed by atoms with E-state index in [-0.39, 0.29) is 52.8 Å². The molecule has 0 saturated heterocycles. The van der Waals surface area contributed by atoms with Gasteiger partial charge in [0.05, 0.1) is 59.3 Å². The first-order valence-electron chi connectivity index (χ1n) is 16.9. The zero-order valence-corrected chi connectivity index (χ0v) is 34.9. The van der Waals surface area contributed by atoms with Gasteiger partial charge in [-0.15, -0.1) is 0 Å². The second kappa shape index (κ2) is 20.6. The Balaban J connectivity index is 0.00000552. The van der Waals surface area contributed by atoms with E-state index in [9.17, 15) is 8.42 Å². The van der Waals surface area contributed by atoms with E-state index in [2.05, 4.69) is 78.2 Å². The van der Waals surface area contributed by atoms with Crippen LogP contribution in [0.25, 0.3) is 0 Å². The second-order valence-corrected chi connectivity index (χ2v) is 16.1. The average Bonchev–Trinajstić information content (AvgIpc) is 3.00. The van der Waals surface area contributed by atoms with Crippen LogP contribution in [0.4, 0.5) is 11.4 Å². The van der Waals surface area contributed by atoms with Crippen molar-refractivity contribution in [2.75, 3.05) is 42.3 Å². The molecule has 9 heteroatoms. The Kier molecular flexibility index (Phi) is 19.2. The zero-order chi connectivity index (χ0) is 33.1. The number of aryl methyl sites for hydroxylation is 1. The smallest absolute Gasteiger partial charge is 0.241 e. The predicted octanol–water partition coefficient (Wildman–Crippen LogP) is 2.27. The lowest BCUT2D eigenvalue weighted by Crippen LogP contribution is -3.00. The summed E-state index contributed by atoms with van der Waals surface area (Å²) in [5, 5.41) is 0. The third-order valence-electron chi connectivity index (χ3n) is 8.73. The first kappa shape index (κ1) is 43.9. The van der Waals surface area contributed by atoms with Gasteiger partial charge in [-0.3, -0.25) is 8.97 Å². The molecular formula is C38H60I2N4O2S. The minimum atomic E-state index is -3.85. The molecule has 264 valence electrons. The maximum Gasteiger partial charge on any atom is 0.241 e. The van der Waals surface area contributed by atoms with Crippen molar-refractivity contribution in [3.8, 4) is 0 Å². The third-order valence-corrected chi connectivity index (χ3v) is 10.2. The number of rotatable bonds is 19. The molecule has 0 saturated carbocycles. The average molecular weight is 891 g/mol. The van der Waals surface area contributed by atoms with Crippen LogP contribution in [-0.2, 0) is 16.4 Å². The fourth-order valence-corrected chi connectivity index (χ4v) is 6.96. The van der Waals surface area contributed by atoms with Crippen LogP contribution < -0.4 is 67.4 Å². The lowest BCUT2D eigenvalue weighted by atomic mass is 9.94. The Hall–Kier alpha value is -1.09. The van der Waals surface area contributed by atoms with Crippen molar-refractivity contribution < 1.29 is 56.4 Å². The van der Waals surface area contributed by atoms with Crippen LogP contribution in [0.2, 0.25) is 0 Å². The molecule has 2 atom stereocenters. The van der Waals surface area contributed by atoms with Crippen LogP contribution >= 0.6 is 0 Å². The van der Waals surface area contributed by atoms with E-state index in [4.69, 9.17) is 5.73 Å². The molecule has 0 aromatic heterocycles. The van der Waals surface area contributed by atoms with Crippen molar-refractivity contribution in [2.45, 2.75) is 94.5 Å². The van der Waals surface area contributed by atoms with Gasteiger partial charge in [0.2, 0.25) is 10.0 Å². The van der Waals surface area contributed by atoms with Crippen molar-refractivity contribution in [3.63, 3.8) is 0 Å². The Morgan fingerprint density at radius 1 is 0.638 bits per heavy atom. The number of nitrogens with one attached hydrogen (secondary N) is 1. The largest absolute Gasteiger partial charge is 1.00 e. The molecule has 3 N–H and O–H groups in total. The molecule has 6 nitrogen and oxygen atoms in total. The standard InChI is InChI=1S/C38H60N4O2S.2HI/c1-8-9-10-11-12-13-14-15-16-17-20-31-25-27-36(28-26-31)45(43,44)40-38(33-22-19-24-35(30-33)42(5,6)7)37(39)32-21-18-23-34(29-32)41(2,3)4;;/h18-19,21-30,37-38,40H,8-17,20,39H2,1-7H3;2*1H/q+2;;/p-2/t37-,38-;;/m1../s1. The minimum Gasteiger partial charge on any atom is -1.00 e. The number of nitrogens with zero attached hydrogens (tertiary/aromatic N) is 2. The lowest BCUT2D eigenvalue weighted by Gasteiger charge is -2.29. The van der Waals surface area contributed by atoms with Crippen molar-refractivity contribution >= 4 is 21.4 Å². The predicted molar refractivity (Wildman–Crippen MR) is 194 cm³/mol. The topological polar surface area (TPSA) is 72.2 Å². The van der Waals surface area contributed by atoms with Gasteiger partial charge in [0, 0.05) is 12.1 Å². The number of sulfonamides is 1. The number of hydrogen-bond donors (Lipinski definition) is 2. The molecule has 0 spiro atoms. The number of hydrogen-bond acceptors (Lipinski definition) is 3. The van der Waals surface area contributed by atoms with Gasteiger partial charge in [0.25, 0.3) is 0 Å². The molecule has 0 aliphatic rings. The first-order valence-corrected chi connectivity index (χ1v) is 18.4. The fourth-order valence-electron chi connectivity index (χ4n) is 5.71. The quantitative estimate of drug-likeness (QED) is 0.110. The molecule has 0 aliphatic carbocycles. The zero-order valence-electron chi connectivity index (χ0n) is 29.8. The van der Waals surface area contributed by atoms with Crippen molar-refractivity contribution in [2.24, 2.45) is 5.73 Å². The monoisotopic (exact) mass is 890 g/mol. The van der Waals surface area contributed by atoms with E-state index >= 15 is 0 Å². The van der Waals surface area contributed by atoms with Gasteiger partial charge < -0.3 is 53.7 Å². The summed E-state index contributed by atoms with van der Waals surface area (Å²) in [4.78, 5) is 0.259. The number of benzene rings is 3. The van der Waals surface area contributed by atoms with Gasteiger partial charge in [0.15, 0.2) is 0 Å².